The van der Waals surface area contributed by atoms with Crippen LogP contribution in [-0.4, -0.2) is 39.3 Å². The first-order chi connectivity index (χ1) is 15.8. The number of halogens is 1. The van der Waals surface area contributed by atoms with Crippen molar-refractivity contribution in [1.29, 1.82) is 5.26 Å². The largest absolute Gasteiger partial charge is 0.488 e. The molecule has 1 heterocycles. The highest BCUT2D eigenvalue weighted by Crippen LogP contribution is 2.30. The van der Waals surface area contributed by atoms with Gasteiger partial charge in [-0.15, -0.1) is 0 Å². The number of nitrogens with one attached hydrogen (secondary N) is 1. The lowest BCUT2D eigenvalue weighted by Crippen LogP contribution is -2.17. The smallest absolute Gasteiger partial charge is 0.262 e. The van der Waals surface area contributed by atoms with Crippen LogP contribution in [0.15, 0.2) is 48.7 Å². The van der Waals surface area contributed by atoms with E-state index in [-0.39, 0.29) is 35.0 Å². The number of carbonyl (C=O) groups is 2. The molecule has 0 aliphatic carbocycles. The maximum absolute atomic E-state index is 14.4. The molecule has 170 valence electrons. The fraction of sp³-hybridized carbons (Fsp3) is 0.217. The Morgan fingerprint density at radius 3 is 2.61 bits per heavy atom. The molecule has 0 spiro atoms. The number of amides is 1. The van der Waals surface area contributed by atoms with Crippen molar-refractivity contribution < 1.29 is 28.6 Å². The van der Waals surface area contributed by atoms with Crippen molar-refractivity contribution in [2.75, 3.05) is 11.9 Å². The highest BCUT2D eigenvalue weighted by Gasteiger charge is 2.16. The van der Waals surface area contributed by atoms with Crippen LogP contribution in [-0.2, 0) is 6.54 Å². The van der Waals surface area contributed by atoms with Gasteiger partial charge < -0.3 is 19.9 Å². The molecule has 0 unspecified atom stereocenters. The molecule has 0 saturated carbocycles. The summed E-state index contributed by atoms with van der Waals surface area (Å²) in [4.78, 5) is 24.2. The zero-order valence-corrected chi connectivity index (χ0v) is 17.9. The molecule has 0 aliphatic rings. The maximum Gasteiger partial charge on any atom is 0.262 e. The molecule has 2 aromatic carbocycles. The van der Waals surface area contributed by atoms with E-state index >= 15 is 0 Å². The van der Waals surface area contributed by atoms with Gasteiger partial charge in [-0.1, -0.05) is 0 Å². The molecule has 1 amide bonds. The molecule has 2 N–H and O–H groups in total. The maximum atomic E-state index is 14.4. The number of ether oxygens (including phenoxy) is 2. The zero-order chi connectivity index (χ0) is 24.0. The standard InChI is InChI=1S/C23H21FN4O5/c1-3-28-7-6-22(27-28)26-23(31)16-8-17(32-14(2)13-29)11-18(9-16)33-21-5-4-15(10-19(21)24)20(30)12-25/h4-11,14,29H,3,13H2,1-2H3,(H,26,27,31)/t14-/m0/s1. The van der Waals surface area contributed by atoms with Gasteiger partial charge in [-0.3, -0.25) is 14.3 Å². The van der Waals surface area contributed by atoms with E-state index in [1.807, 2.05) is 6.92 Å². The lowest BCUT2D eigenvalue weighted by Gasteiger charge is -2.15. The van der Waals surface area contributed by atoms with E-state index in [4.69, 9.17) is 14.7 Å². The van der Waals surface area contributed by atoms with Crippen molar-refractivity contribution in [3.05, 3.63) is 65.6 Å². The molecule has 0 fully saturated rings. The van der Waals surface area contributed by atoms with E-state index in [1.54, 1.807) is 23.9 Å². The zero-order valence-electron chi connectivity index (χ0n) is 17.9. The predicted molar refractivity (Wildman–Crippen MR) is 116 cm³/mol. The predicted octanol–water partition coefficient (Wildman–Crippen LogP) is 3.55. The van der Waals surface area contributed by atoms with E-state index < -0.39 is 23.6 Å². The summed E-state index contributed by atoms with van der Waals surface area (Å²) in [5, 5.41) is 24.8. The van der Waals surface area contributed by atoms with E-state index in [9.17, 15) is 19.1 Å². The second kappa shape index (κ2) is 10.4. The summed E-state index contributed by atoms with van der Waals surface area (Å²) in [5.74, 6) is -1.80. The minimum absolute atomic E-state index is 0.0835. The van der Waals surface area contributed by atoms with Crippen molar-refractivity contribution in [3.63, 3.8) is 0 Å². The highest BCUT2D eigenvalue weighted by atomic mass is 19.1. The summed E-state index contributed by atoms with van der Waals surface area (Å²) in [6.45, 7) is 3.92. The van der Waals surface area contributed by atoms with Crippen molar-refractivity contribution >= 4 is 17.5 Å². The summed E-state index contributed by atoms with van der Waals surface area (Å²) < 4.78 is 27.3. The van der Waals surface area contributed by atoms with Crippen LogP contribution >= 0.6 is 0 Å². The minimum Gasteiger partial charge on any atom is -0.488 e. The molecule has 3 aromatic rings. The average Bonchev–Trinajstić information content (AvgIpc) is 3.27. The number of carbonyl (C=O) groups excluding carboxylic acids is 2. The number of aromatic nitrogens is 2. The van der Waals surface area contributed by atoms with Crippen LogP contribution in [0.3, 0.4) is 0 Å². The molecular weight excluding hydrogens is 431 g/mol. The Labute approximate surface area is 189 Å². The van der Waals surface area contributed by atoms with Crippen LogP contribution in [0.25, 0.3) is 0 Å². The Balaban J connectivity index is 1.90. The van der Waals surface area contributed by atoms with Gasteiger partial charge in [0.15, 0.2) is 17.4 Å². The Bertz CT molecular complexity index is 1220. The first-order valence-electron chi connectivity index (χ1n) is 10.0. The molecule has 0 saturated heterocycles. The number of aliphatic hydroxyl groups is 1. The van der Waals surface area contributed by atoms with Gasteiger partial charge in [-0.2, -0.15) is 10.4 Å². The number of benzene rings is 2. The fourth-order valence-electron chi connectivity index (χ4n) is 2.81. The lowest BCUT2D eigenvalue weighted by atomic mass is 10.1. The molecular formula is C23H21FN4O5. The number of nitrogens with zero attached hydrogens (tertiary/aromatic N) is 3. The van der Waals surface area contributed by atoms with Gasteiger partial charge in [-0.05, 0) is 44.2 Å². The van der Waals surface area contributed by atoms with Crippen molar-refractivity contribution in [1.82, 2.24) is 9.78 Å². The number of hydrogen-bond acceptors (Lipinski definition) is 7. The van der Waals surface area contributed by atoms with E-state index in [2.05, 4.69) is 10.4 Å². The SMILES string of the molecule is CCn1ccc(NC(=O)c2cc(Oc3ccc(C(=O)C#N)cc3F)cc(O[C@@H](C)CO)c2)n1. The van der Waals surface area contributed by atoms with Crippen LogP contribution in [0, 0.1) is 17.1 Å². The summed E-state index contributed by atoms with van der Waals surface area (Å²) in [6, 6.07) is 10.7. The number of hydrogen-bond donors (Lipinski definition) is 2. The van der Waals surface area contributed by atoms with Gasteiger partial charge in [0.1, 0.15) is 23.7 Å². The monoisotopic (exact) mass is 452 g/mol. The average molecular weight is 452 g/mol. The number of anilines is 1. The van der Waals surface area contributed by atoms with Gasteiger partial charge in [0.05, 0.1) is 6.61 Å². The van der Waals surface area contributed by atoms with Gasteiger partial charge in [0, 0.05) is 36.0 Å². The van der Waals surface area contributed by atoms with Crippen LogP contribution in [0.4, 0.5) is 10.2 Å². The molecule has 10 heteroatoms. The minimum atomic E-state index is -0.877. The van der Waals surface area contributed by atoms with Gasteiger partial charge >= 0.3 is 0 Å². The topological polar surface area (TPSA) is 126 Å². The quantitative estimate of drug-likeness (QED) is 0.375. The van der Waals surface area contributed by atoms with E-state index in [0.717, 1.165) is 6.07 Å². The molecule has 1 atom stereocenters. The Morgan fingerprint density at radius 2 is 1.97 bits per heavy atom. The van der Waals surface area contributed by atoms with Crippen LogP contribution in [0.1, 0.15) is 34.6 Å². The number of rotatable bonds is 9. The van der Waals surface area contributed by atoms with Gasteiger partial charge in [-0.25, -0.2) is 4.39 Å². The Morgan fingerprint density at radius 1 is 1.21 bits per heavy atom. The second-order valence-electron chi connectivity index (χ2n) is 7.00. The fourth-order valence-corrected chi connectivity index (χ4v) is 2.81. The van der Waals surface area contributed by atoms with Crippen LogP contribution in [0.2, 0.25) is 0 Å². The van der Waals surface area contributed by atoms with Crippen molar-refractivity contribution in [2.24, 2.45) is 0 Å². The summed E-state index contributed by atoms with van der Waals surface area (Å²) in [7, 11) is 0. The third kappa shape index (κ3) is 5.93. The van der Waals surface area contributed by atoms with E-state index in [1.165, 1.54) is 36.4 Å². The number of nitriles is 1. The summed E-state index contributed by atoms with van der Waals surface area (Å²) in [5.41, 5.74) is 0.0400. The van der Waals surface area contributed by atoms with Gasteiger partial charge in [0.25, 0.3) is 11.7 Å². The van der Waals surface area contributed by atoms with E-state index in [0.29, 0.717) is 12.4 Å². The lowest BCUT2D eigenvalue weighted by molar-refractivity contribution is 0.102. The first-order valence-corrected chi connectivity index (χ1v) is 10.0. The molecule has 9 nitrogen and oxygen atoms in total. The summed E-state index contributed by atoms with van der Waals surface area (Å²) >= 11 is 0. The number of aliphatic hydroxyl groups excluding tert-OH is 1. The third-order valence-corrected chi connectivity index (χ3v) is 4.47. The number of aryl methyl sites for hydroxylation is 1. The normalized spacial score (nSPS) is 11.4. The summed E-state index contributed by atoms with van der Waals surface area (Å²) in [6.07, 6.45) is 1.15. The van der Waals surface area contributed by atoms with Crippen LogP contribution < -0.4 is 14.8 Å². The number of Topliss-reactive ketones (excluding diaryl/α,β-unsaturated/α-hetero) is 1. The Kier molecular flexibility index (Phi) is 7.38. The number of ketones is 1. The molecule has 1 aromatic heterocycles. The van der Waals surface area contributed by atoms with Crippen molar-refractivity contribution in [2.45, 2.75) is 26.5 Å². The Hall–Kier alpha value is -4.23. The third-order valence-electron chi connectivity index (χ3n) is 4.47. The molecule has 3 rings (SSSR count). The molecule has 33 heavy (non-hydrogen) atoms. The van der Waals surface area contributed by atoms with Crippen LogP contribution in [0.5, 0.6) is 17.2 Å². The van der Waals surface area contributed by atoms with Gasteiger partial charge in [0.2, 0.25) is 0 Å². The molecule has 0 radical (unpaired) electrons. The molecule has 0 aliphatic heterocycles. The van der Waals surface area contributed by atoms with Crippen molar-refractivity contribution in [3.8, 4) is 23.3 Å². The second-order valence-corrected chi connectivity index (χ2v) is 7.00. The highest BCUT2D eigenvalue weighted by molar-refractivity contribution is 6.07. The molecule has 0 bridgehead atoms. The first kappa shape index (κ1) is 23.4.